The number of imidazole rings is 1. The van der Waals surface area contributed by atoms with Crippen LogP contribution in [-0.2, 0) is 0 Å². The van der Waals surface area contributed by atoms with Crippen molar-refractivity contribution in [1.29, 1.82) is 0 Å². The molecule has 2 aromatic rings. The molecule has 1 saturated carbocycles. The number of aliphatic hydroxyl groups excluding tert-OH is 1. The zero-order chi connectivity index (χ0) is 13.6. The molecule has 7 nitrogen and oxygen atoms in total. The fourth-order valence-corrected chi connectivity index (χ4v) is 2.04. The number of nitrogens with zero attached hydrogens (tertiary/aromatic N) is 3. The molecule has 1 unspecified atom stereocenters. The van der Waals surface area contributed by atoms with E-state index in [2.05, 4.69) is 15.0 Å². The molecule has 3 rings (SSSR count). The Morgan fingerprint density at radius 2 is 2.47 bits per heavy atom. The normalized spacial score (nSPS) is 24.2. The molecule has 0 aliphatic heterocycles. The van der Waals surface area contributed by atoms with Gasteiger partial charge in [-0.1, -0.05) is 0 Å². The largest absolute Gasteiger partial charge is 0.395 e. The predicted molar refractivity (Wildman–Crippen MR) is 66.9 cm³/mol. The highest BCUT2D eigenvalue weighted by Gasteiger charge is 2.48. The van der Waals surface area contributed by atoms with Crippen LogP contribution in [0.3, 0.4) is 0 Å². The van der Waals surface area contributed by atoms with Crippen molar-refractivity contribution < 1.29 is 9.50 Å². The molecule has 0 saturated heterocycles. The second kappa shape index (κ2) is 3.89. The van der Waals surface area contributed by atoms with Gasteiger partial charge in [0, 0.05) is 11.6 Å². The van der Waals surface area contributed by atoms with Gasteiger partial charge in [-0.2, -0.15) is 4.98 Å². The van der Waals surface area contributed by atoms with Crippen LogP contribution in [0.5, 0.6) is 0 Å². The van der Waals surface area contributed by atoms with Gasteiger partial charge in [0.2, 0.25) is 5.95 Å². The highest BCUT2D eigenvalue weighted by atomic mass is 19.1. The van der Waals surface area contributed by atoms with Gasteiger partial charge in [0.1, 0.15) is 13.0 Å². The van der Waals surface area contributed by atoms with E-state index in [1.54, 1.807) is 6.20 Å². The van der Waals surface area contributed by atoms with E-state index in [4.69, 9.17) is 10.8 Å². The van der Waals surface area contributed by atoms with Gasteiger partial charge >= 0.3 is 0 Å². The number of aromatic amines is 1. The highest BCUT2D eigenvalue weighted by Crippen LogP contribution is 2.52. The minimum absolute atomic E-state index is 0.00707. The first kappa shape index (κ1) is 11.8. The van der Waals surface area contributed by atoms with Crippen LogP contribution in [0.25, 0.3) is 17.4 Å². The van der Waals surface area contributed by atoms with Crippen LogP contribution in [0.15, 0.2) is 16.7 Å². The lowest BCUT2D eigenvalue weighted by molar-refractivity contribution is 0.191. The van der Waals surface area contributed by atoms with Crippen molar-refractivity contribution in [1.82, 2.24) is 19.5 Å². The summed E-state index contributed by atoms with van der Waals surface area (Å²) in [4.78, 5) is 21.9. The van der Waals surface area contributed by atoms with Crippen molar-refractivity contribution >= 4 is 23.3 Å². The third kappa shape index (κ3) is 1.72. The van der Waals surface area contributed by atoms with Gasteiger partial charge in [-0.3, -0.25) is 18.7 Å². The average Bonchev–Trinajstić information content (AvgIpc) is 2.94. The molecule has 4 N–H and O–H groups in total. The Kier molecular flexibility index (Phi) is 2.42. The molecule has 1 fully saturated rings. The predicted octanol–water partition coefficient (Wildman–Crippen LogP) is -0.105. The maximum atomic E-state index is 12.8. The summed E-state index contributed by atoms with van der Waals surface area (Å²) in [5, 5.41) is 9.16. The van der Waals surface area contributed by atoms with E-state index in [0.29, 0.717) is 12.1 Å². The number of nitrogen functional groups attached to an aromatic ring is 1. The third-order valence-corrected chi connectivity index (χ3v) is 3.39. The van der Waals surface area contributed by atoms with Crippen molar-refractivity contribution in [3.63, 3.8) is 0 Å². The minimum atomic E-state index is -0.774. The zero-order valence-corrected chi connectivity index (χ0v) is 9.93. The Morgan fingerprint density at radius 1 is 1.68 bits per heavy atom. The van der Waals surface area contributed by atoms with Crippen LogP contribution < -0.4 is 11.3 Å². The maximum Gasteiger partial charge on any atom is 0.280 e. The molecule has 19 heavy (non-hydrogen) atoms. The molecule has 0 spiro atoms. The summed E-state index contributed by atoms with van der Waals surface area (Å²) in [6.07, 6.45) is 3.54. The molecular formula is C11H12FN5O2. The van der Waals surface area contributed by atoms with E-state index < -0.39 is 17.6 Å². The SMILES string of the molecule is Nc1nc2c(ncn2/C=C2/CC2(CO)CF)c(=O)[nH]1. The summed E-state index contributed by atoms with van der Waals surface area (Å²) < 4.78 is 14.4. The number of rotatable bonds is 3. The summed E-state index contributed by atoms with van der Waals surface area (Å²) in [6.45, 7) is -0.851. The smallest absolute Gasteiger partial charge is 0.280 e. The third-order valence-electron chi connectivity index (χ3n) is 3.39. The molecule has 0 aromatic carbocycles. The van der Waals surface area contributed by atoms with Crippen molar-refractivity contribution in [2.24, 2.45) is 5.41 Å². The molecule has 2 heterocycles. The Morgan fingerprint density at radius 3 is 3.11 bits per heavy atom. The summed E-state index contributed by atoms with van der Waals surface area (Å²) in [5.74, 6) is -0.00707. The maximum absolute atomic E-state index is 12.8. The minimum Gasteiger partial charge on any atom is -0.395 e. The van der Waals surface area contributed by atoms with Crippen LogP contribution >= 0.6 is 0 Å². The van der Waals surface area contributed by atoms with Gasteiger partial charge in [-0.15, -0.1) is 0 Å². The van der Waals surface area contributed by atoms with Gasteiger partial charge in [-0.25, -0.2) is 4.98 Å². The van der Waals surface area contributed by atoms with Crippen LogP contribution in [-0.4, -0.2) is 37.9 Å². The van der Waals surface area contributed by atoms with E-state index in [-0.39, 0.29) is 18.1 Å². The van der Waals surface area contributed by atoms with E-state index in [1.807, 2.05) is 0 Å². The monoisotopic (exact) mass is 265 g/mol. The van der Waals surface area contributed by atoms with Gasteiger partial charge in [0.05, 0.1) is 6.61 Å². The lowest BCUT2D eigenvalue weighted by Crippen LogP contribution is -2.11. The molecule has 100 valence electrons. The van der Waals surface area contributed by atoms with E-state index in [1.165, 1.54) is 10.9 Å². The molecule has 0 bridgehead atoms. The standard InChI is InChI=1S/C11H12FN5O2/c12-3-11(4-18)1-6(11)2-17-5-14-7-8(17)15-10(13)16-9(7)19/h2,5,18H,1,3-4H2,(H3,13,15,16,19)/b6-2-. The molecule has 1 atom stereocenters. The van der Waals surface area contributed by atoms with Crippen molar-refractivity contribution in [3.05, 3.63) is 22.3 Å². The lowest BCUT2D eigenvalue weighted by Gasteiger charge is -2.03. The van der Waals surface area contributed by atoms with Gasteiger partial charge < -0.3 is 10.8 Å². The van der Waals surface area contributed by atoms with E-state index >= 15 is 0 Å². The second-order valence-corrected chi connectivity index (χ2v) is 4.68. The van der Waals surface area contributed by atoms with Crippen molar-refractivity contribution in [2.75, 3.05) is 19.0 Å². The number of nitrogens with one attached hydrogen (secondary N) is 1. The van der Waals surface area contributed by atoms with Crippen molar-refractivity contribution in [3.8, 4) is 0 Å². The molecule has 0 amide bonds. The number of hydrogen-bond donors (Lipinski definition) is 3. The topological polar surface area (TPSA) is 110 Å². The summed E-state index contributed by atoms with van der Waals surface area (Å²) in [7, 11) is 0. The number of aliphatic hydroxyl groups is 1. The van der Waals surface area contributed by atoms with Gasteiger partial charge in [0.25, 0.3) is 5.56 Å². The number of fused-ring (bicyclic) bond motifs is 1. The van der Waals surface area contributed by atoms with E-state index in [9.17, 15) is 9.18 Å². The summed E-state index contributed by atoms with van der Waals surface area (Å²) in [6, 6.07) is 0. The first-order valence-corrected chi connectivity index (χ1v) is 5.70. The summed E-state index contributed by atoms with van der Waals surface area (Å²) in [5.41, 5.74) is 5.52. The number of nitrogens with two attached hydrogens (primary N) is 1. The first-order valence-electron chi connectivity index (χ1n) is 5.70. The fraction of sp³-hybridized carbons (Fsp3) is 0.364. The number of anilines is 1. The molecule has 0 radical (unpaired) electrons. The number of aromatic nitrogens is 4. The molecule has 1 aliphatic carbocycles. The number of hydrogen-bond acceptors (Lipinski definition) is 5. The number of H-pyrrole nitrogens is 1. The average molecular weight is 265 g/mol. The number of halogens is 1. The van der Waals surface area contributed by atoms with Crippen LogP contribution in [0.2, 0.25) is 0 Å². The Hall–Kier alpha value is -2.22. The van der Waals surface area contributed by atoms with Crippen LogP contribution in [0.4, 0.5) is 10.3 Å². The Balaban J connectivity index is 2.09. The fourth-order valence-electron chi connectivity index (χ4n) is 2.04. The quantitative estimate of drug-likeness (QED) is 0.717. The van der Waals surface area contributed by atoms with Crippen LogP contribution in [0.1, 0.15) is 6.42 Å². The summed E-state index contributed by atoms with van der Waals surface area (Å²) >= 11 is 0. The van der Waals surface area contributed by atoms with Gasteiger partial charge in [0.15, 0.2) is 11.2 Å². The first-order chi connectivity index (χ1) is 9.09. The zero-order valence-electron chi connectivity index (χ0n) is 9.93. The Bertz CT molecular complexity index is 728. The number of alkyl halides is 1. The molecule has 1 aliphatic rings. The molecule has 8 heteroatoms. The second-order valence-electron chi connectivity index (χ2n) is 4.68. The molecule has 2 aromatic heterocycles. The van der Waals surface area contributed by atoms with Gasteiger partial charge in [-0.05, 0) is 12.0 Å². The lowest BCUT2D eigenvalue weighted by atomic mass is 10.1. The van der Waals surface area contributed by atoms with Crippen molar-refractivity contribution in [2.45, 2.75) is 6.42 Å². The Labute approximate surface area is 106 Å². The van der Waals surface area contributed by atoms with Crippen LogP contribution in [0, 0.1) is 5.41 Å². The highest BCUT2D eigenvalue weighted by molar-refractivity contribution is 5.73. The molecular weight excluding hydrogens is 253 g/mol. The van der Waals surface area contributed by atoms with E-state index in [0.717, 1.165) is 5.57 Å².